The van der Waals surface area contributed by atoms with Gasteiger partial charge in [-0.2, -0.15) is 0 Å². The van der Waals surface area contributed by atoms with Crippen LogP contribution in [-0.4, -0.2) is 32.2 Å². The number of methoxy groups -OCH3 is 2. The summed E-state index contributed by atoms with van der Waals surface area (Å²) in [4.78, 5) is 12.8. The van der Waals surface area contributed by atoms with Gasteiger partial charge in [-0.1, -0.05) is 44.6 Å². The molecule has 0 bridgehead atoms. The van der Waals surface area contributed by atoms with Crippen LogP contribution in [0.4, 0.5) is 0 Å². The number of ether oxygens (including phenoxy) is 3. The number of allylic oxidation sites excluding steroid dienone is 1. The molecule has 28 heavy (non-hydrogen) atoms. The summed E-state index contributed by atoms with van der Waals surface area (Å²) < 4.78 is 17.1. The van der Waals surface area contributed by atoms with Gasteiger partial charge in [0, 0.05) is 19.1 Å². The SMILES string of the molecule is C=C1C[C@@H](OCc2ccc(OC)cc2)[C@@H](OC)C(=C(C)CCCC(C)C)C1=O. The molecule has 0 aromatic heterocycles. The van der Waals surface area contributed by atoms with E-state index in [1.54, 1.807) is 14.2 Å². The van der Waals surface area contributed by atoms with Crippen molar-refractivity contribution in [3.8, 4) is 5.75 Å². The number of benzene rings is 1. The van der Waals surface area contributed by atoms with Gasteiger partial charge in [-0.25, -0.2) is 0 Å². The second-order valence-corrected chi connectivity index (χ2v) is 7.97. The van der Waals surface area contributed by atoms with Gasteiger partial charge >= 0.3 is 0 Å². The Balaban J connectivity index is 2.12. The lowest BCUT2D eigenvalue weighted by molar-refractivity contribution is -0.119. The summed E-state index contributed by atoms with van der Waals surface area (Å²) in [5.41, 5.74) is 3.49. The molecule has 1 saturated carbocycles. The second kappa shape index (κ2) is 10.6. The third kappa shape index (κ3) is 5.79. The molecule has 0 amide bonds. The third-order valence-electron chi connectivity index (χ3n) is 5.31. The Morgan fingerprint density at radius 2 is 1.89 bits per heavy atom. The molecule has 0 saturated heterocycles. The minimum Gasteiger partial charge on any atom is -0.497 e. The third-order valence-corrected chi connectivity index (χ3v) is 5.31. The molecule has 4 heteroatoms. The zero-order valence-electron chi connectivity index (χ0n) is 17.9. The van der Waals surface area contributed by atoms with Gasteiger partial charge in [0.05, 0.1) is 19.8 Å². The number of Topliss-reactive ketones (excluding diaryl/α,β-unsaturated/α-hetero) is 1. The molecule has 2 atom stereocenters. The molecule has 1 aromatic carbocycles. The first kappa shape index (κ1) is 22.4. The highest BCUT2D eigenvalue weighted by Gasteiger charge is 2.38. The van der Waals surface area contributed by atoms with E-state index in [2.05, 4.69) is 20.4 Å². The molecule has 1 aromatic rings. The van der Waals surface area contributed by atoms with Crippen molar-refractivity contribution in [2.45, 2.75) is 65.3 Å². The molecule has 0 radical (unpaired) electrons. The van der Waals surface area contributed by atoms with E-state index < -0.39 is 0 Å². The van der Waals surface area contributed by atoms with Crippen LogP contribution in [0.25, 0.3) is 0 Å². The molecular formula is C24H34O4. The van der Waals surface area contributed by atoms with E-state index in [0.717, 1.165) is 41.7 Å². The average molecular weight is 387 g/mol. The van der Waals surface area contributed by atoms with Gasteiger partial charge in [0.1, 0.15) is 11.9 Å². The van der Waals surface area contributed by atoms with E-state index in [-0.39, 0.29) is 18.0 Å². The predicted octanol–water partition coefficient (Wildman–Crippen LogP) is 5.27. The van der Waals surface area contributed by atoms with Gasteiger partial charge in [-0.15, -0.1) is 0 Å². The summed E-state index contributed by atoms with van der Waals surface area (Å²) in [7, 11) is 3.30. The van der Waals surface area contributed by atoms with Crippen molar-refractivity contribution < 1.29 is 19.0 Å². The van der Waals surface area contributed by atoms with E-state index in [1.807, 2.05) is 31.2 Å². The maximum absolute atomic E-state index is 12.8. The molecule has 1 aliphatic rings. The Labute approximate surface area is 169 Å². The van der Waals surface area contributed by atoms with Gasteiger partial charge < -0.3 is 14.2 Å². The lowest BCUT2D eigenvalue weighted by Crippen LogP contribution is -2.41. The summed E-state index contributed by atoms with van der Waals surface area (Å²) in [6.07, 6.45) is 3.05. The number of ketones is 1. The number of hydrogen-bond acceptors (Lipinski definition) is 4. The molecule has 2 rings (SSSR count). The fourth-order valence-corrected chi connectivity index (χ4v) is 3.64. The first-order valence-corrected chi connectivity index (χ1v) is 10.1. The summed E-state index contributed by atoms with van der Waals surface area (Å²) in [5, 5.41) is 0. The number of carbonyl (C=O) groups is 1. The number of hydrogen-bond donors (Lipinski definition) is 0. The molecule has 1 aliphatic carbocycles. The number of rotatable bonds is 9. The quantitative estimate of drug-likeness (QED) is 0.543. The molecule has 0 aliphatic heterocycles. The van der Waals surface area contributed by atoms with Crippen LogP contribution >= 0.6 is 0 Å². The van der Waals surface area contributed by atoms with Crippen LogP contribution in [-0.2, 0) is 20.9 Å². The Morgan fingerprint density at radius 1 is 1.21 bits per heavy atom. The van der Waals surface area contributed by atoms with Crippen LogP contribution in [0.2, 0.25) is 0 Å². The summed E-state index contributed by atoms with van der Waals surface area (Å²) in [6.45, 7) is 10.9. The van der Waals surface area contributed by atoms with Crippen LogP contribution in [0.15, 0.2) is 47.6 Å². The Hall–Kier alpha value is -1.91. The Kier molecular flexibility index (Phi) is 8.46. The van der Waals surface area contributed by atoms with Crippen LogP contribution in [0.3, 0.4) is 0 Å². The largest absolute Gasteiger partial charge is 0.497 e. The Morgan fingerprint density at radius 3 is 2.46 bits per heavy atom. The van der Waals surface area contributed by atoms with Gasteiger partial charge in [0.15, 0.2) is 5.78 Å². The minimum absolute atomic E-state index is 0.0261. The monoisotopic (exact) mass is 386 g/mol. The van der Waals surface area contributed by atoms with Crippen LogP contribution in [0, 0.1) is 5.92 Å². The Bertz CT molecular complexity index is 700. The molecule has 0 unspecified atom stereocenters. The van der Waals surface area contributed by atoms with Gasteiger partial charge in [-0.05, 0) is 49.0 Å². The summed E-state index contributed by atoms with van der Waals surface area (Å²) in [6, 6.07) is 7.80. The van der Waals surface area contributed by atoms with Crippen molar-refractivity contribution in [3.05, 3.63) is 53.1 Å². The maximum Gasteiger partial charge on any atom is 0.187 e. The lowest BCUT2D eigenvalue weighted by Gasteiger charge is -2.34. The molecule has 0 heterocycles. The fraction of sp³-hybridized carbons (Fsp3) is 0.542. The zero-order valence-corrected chi connectivity index (χ0v) is 17.9. The van der Waals surface area contributed by atoms with Gasteiger partial charge in [0.2, 0.25) is 0 Å². The van der Waals surface area contributed by atoms with E-state index in [9.17, 15) is 4.79 Å². The van der Waals surface area contributed by atoms with Crippen molar-refractivity contribution >= 4 is 5.78 Å². The summed E-state index contributed by atoms with van der Waals surface area (Å²) in [5.74, 6) is 1.50. The maximum atomic E-state index is 12.8. The molecule has 0 N–H and O–H groups in total. The highest BCUT2D eigenvalue weighted by molar-refractivity contribution is 6.10. The fourth-order valence-electron chi connectivity index (χ4n) is 3.64. The minimum atomic E-state index is -0.352. The first-order chi connectivity index (χ1) is 13.4. The normalized spacial score (nSPS) is 21.9. The van der Waals surface area contributed by atoms with Crippen molar-refractivity contribution in [1.82, 2.24) is 0 Å². The van der Waals surface area contributed by atoms with E-state index in [4.69, 9.17) is 14.2 Å². The highest BCUT2D eigenvalue weighted by Crippen LogP contribution is 2.33. The first-order valence-electron chi connectivity index (χ1n) is 10.1. The smallest absolute Gasteiger partial charge is 0.187 e. The van der Waals surface area contributed by atoms with Crippen molar-refractivity contribution in [2.24, 2.45) is 5.92 Å². The second-order valence-electron chi connectivity index (χ2n) is 7.97. The summed E-state index contributed by atoms with van der Waals surface area (Å²) >= 11 is 0. The molecule has 4 nitrogen and oxygen atoms in total. The van der Waals surface area contributed by atoms with Crippen molar-refractivity contribution in [1.29, 1.82) is 0 Å². The topological polar surface area (TPSA) is 44.8 Å². The van der Waals surface area contributed by atoms with Crippen molar-refractivity contribution in [3.63, 3.8) is 0 Å². The lowest BCUT2D eigenvalue weighted by atomic mass is 9.81. The van der Waals surface area contributed by atoms with Crippen molar-refractivity contribution in [2.75, 3.05) is 14.2 Å². The molecular weight excluding hydrogens is 352 g/mol. The average Bonchev–Trinajstić information content (AvgIpc) is 2.68. The van der Waals surface area contributed by atoms with Gasteiger partial charge in [-0.3, -0.25) is 4.79 Å². The van der Waals surface area contributed by atoms with E-state index in [0.29, 0.717) is 24.5 Å². The van der Waals surface area contributed by atoms with Crippen LogP contribution < -0.4 is 4.74 Å². The highest BCUT2D eigenvalue weighted by atomic mass is 16.5. The van der Waals surface area contributed by atoms with Gasteiger partial charge in [0.25, 0.3) is 0 Å². The predicted molar refractivity (Wildman–Crippen MR) is 113 cm³/mol. The molecule has 154 valence electrons. The molecule has 1 fully saturated rings. The zero-order chi connectivity index (χ0) is 20.7. The molecule has 0 spiro atoms. The van der Waals surface area contributed by atoms with Crippen LogP contribution in [0.1, 0.15) is 52.0 Å². The van der Waals surface area contributed by atoms with E-state index >= 15 is 0 Å². The number of carbonyl (C=O) groups excluding carboxylic acids is 1. The standard InChI is InChI=1S/C24H34O4/c1-16(2)8-7-9-17(3)22-23(25)18(4)14-21(24(22)27-6)28-15-19-10-12-20(26-5)13-11-19/h10-13,16,21,24H,4,7-9,14-15H2,1-3,5-6H3/t21-,24-/m1/s1. The van der Waals surface area contributed by atoms with E-state index in [1.165, 1.54) is 0 Å². The van der Waals surface area contributed by atoms with Crippen LogP contribution in [0.5, 0.6) is 5.75 Å².